The number of rotatable bonds is 5. The van der Waals surface area contributed by atoms with Crippen LogP contribution in [0, 0.1) is 5.92 Å². The fourth-order valence-electron chi connectivity index (χ4n) is 3.98. The second kappa shape index (κ2) is 7.45. The molecule has 3 N–H and O–H groups in total. The van der Waals surface area contributed by atoms with E-state index in [-0.39, 0.29) is 17.9 Å². The van der Waals surface area contributed by atoms with E-state index in [1.165, 1.54) is 11.1 Å². The Balaban J connectivity index is 1.53. The molecule has 3 rings (SSSR count). The SMILES string of the molecule is CCC(CNC(=O)C1CCC(N)C1)N1CCc2ccccc2C1. The van der Waals surface area contributed by atoms with Gasteiger partial charge in [-0.3, -0.25) is 9.69 Å². The molecule has 0 radical (unpaired) electrons. The van der Waals surface area contributed by atoms with Crippen LogP contribution in [0.4, 0.5) is 0 Å². The monoisotopic (exact) mass is 315 g/mol. The summed E-state index contributed by atoms with van der Waals surface area (Å²) in [5.74, 6) is 0.332. The maximum absolute atomic E-state index is 12.3. The second-order valence-corrected chi connectivity index (χ2v) is 7.07. The Morgan fingerprint density at radius 2 is 2.13 bits per heavy atom. The van der Waals surface area contributed by atoms with Crippen LogP contribution in [0.15, 0.2) is 24.3 Å². The van der Waals surface area contributed by atoms with Gasteiger partial charge in [-0.05, 0) is 43.2 Å². The molecule has 3 atom stereocenters. The average Bonchev–Trinajstić information content (AvgIpc) is 3.01. The molecule has 3 unspecified atom stereocenters. The van der Waals surface area contributed by atoms with E-state index in [1.54, 1.807) is 0 Å². The summed E-state index contributed by atoms with van der Waals surface area (Å²) in [4.78, 5) is 14.8. The summed E-state index contributed by atoms with van der Waals surface area (Å²) in [6, 6.07) is 9.34. The topological polar surface area (TPSA) is 58.4 Å². The van der Waals surface area contributed by atoms with Crippen molar-refractivity contribution in [2.24, 2.45) is 11.7 Å². The fourth-order valence-corrected chi connectivity index (χ4v) is 3.98. The minimum absolute atomic E-state index is 0.129. The van der Waals surface area contributed by atoms with Gasteiger partial charge < -0.3 is 11.1 Å². The van der Waals surface area contributed by atoms with Gasteiger partial charge in [-0.25, -0.2) is 0 Å². The van der Waals surface area contributed by atoms with Crippen molar-refractivity contribution in [1.29, 1.82) is 0 Å². The van der Waals surface area contributed by atoms with Crippen LogP contribution in [0.1, 0.15) is 43.7 Å². The molecule has 23 heavy (non-hydrogen) atoms. The molecule has 126 valence electrons. The van der Waals surface area contributed by atoms with Gasteiger partial charge in [0.05, 0.1) is 0 Å². The summed E-state index contributed by atoms with van der Waals surface area (Å²) >= 11 is 0. The zero-order valence-corrected chi connectivity index (χ0v) is 14.1. The van der Waals surface area contributed by atoms with Crippen LogP contribution >= 0.6 is 0 Å². The van der Waals surface area contributed by atoms with Crippen LogP contribution in [0.25, 0.3) is 0 Å². The van der Waals surface area contributed by atoms with E-state index in [4.69, 9.17) is 5.73 Å². The molecule has 2 aliphatic rings. The lowest BCUT2D eigenvalue weighted by molar-refractivity contribution is -0.125. The van der Waals surface area contributed by atoms with Gasteiger partial charge in [0, 0.05) is 37.6 Å². The highest BCUT2D eigenvalue weighted by Gasteiger charge is 2.29. The lowest BCUT2D eigenvalue weighted by atomic mass is 9.98. The minimum Gasteiger partial charge on any atom is -0.354 e. The van der Waals surface area contributed by atoms with Crippen LogP contribution in [0.2, 0.25) is 0 Å². The summed E-state index contributed by atoms with van der Waals surface area (Å²) < 4.78 is 0. The van der Waals surface area contributed by atoms with Gasteiger partial charge in [0.15, 0.2) is 0 Å². The van der Waals surface area contributed by atoms with E-state index >= 15 is 0 Å². The zero-order valence-electron chi connectivity index (χ0n) is 14.1. The van der Waals surface area contributed by atoms with Crippen molar-refractivity contribution in [1.82, 2.24) is 10.2 Å². The predicted octanol–water partition coefficient (Wildman–Crippen LogP) is 2.07. The first-order valence-electron chi connectivity index (χ1n) is 9.01. The van der Waals surface area contributed by atoms with Crippen molar-refractivity contribution in [2.75, 3.05) is 13.1 Å². The third-order valence-corrected chi connectivity index (χ3v) is 5.50. The Hall–Kier alpha value is -1.39. The van der Waals surface area contributed by atoms with Crippen LogP contribution in [-0.4, -0.2) is 36.0 Å². The van der Waals surface area contributed by atoms with Crippen LogP contribution in [-0.2, 0) is 17.8 Å². The summed E-state index contributed by atoms with van der Waals surface area (Å²) in [5.41, 5.74) is 8.83. The number of benzene rings is 1. The molecule has 4 nitrogen and oxygen atoms in total. The van der Waals surface area contributed by atoms with Gasteiger partial charge in [0.25, 0.3) is 0 Å². The van der Waals surface area contributed by atoms with E-state index in [2.05, 4.69) is 41.4 Å². The Bertz CT molecular complexity index is 545. The smallest absolute Gasteiger partial charge is 0.223 e. The summed E-state index contributed by atoms with van der Waals surface area (Å²) in [6.07, 6.45) is 4.95. The molecular formula is C19H29N3O. The lowest BCUT2D eigenvalue weighted by Gasteiger charge is -2.35. The van der Waals surface area contributed by atoms with E-state index in [0.717, 1.165) is 51.7 Å². The first-order chi connectivity index (χ1) is 11.2. The van der Waals surface area contributed by atoms with Gasteiger partial charge in [-0.1, -0.05) is 31.2 Å². The average molecular weight is 315 g/mol. The van der Waals surface area contributed by atoms with Gasteiger partial charge in [0.1, 0.15) is 0 Å². The van der Waals surface area contributed by atoms with Crippen molar-refractivity contribution in [2.45, 2.75) is 57.7 Å². The fraction of sp³-hybridized carbons (Fsp3) is 0.632. The number of nitrogens with two attached hydrogens (primary N) is 1. The minimum atomic E-state index is 0.129. The van der Waals surface area contributed by atoms with Crippen molar-refractivity contribution >= 4 is 5.91 Å². The normalized spacial score (nSPS) is 25.8. The van der Waals surface area contributed by atoms with Gasteiger partial charge >= 0.3 is 0 Å². The predicted molar refractivity (Wildman–Crippen MR) is 93.0 cm³/mol. The number of nitrogens with zero attached hydrogens (tertiary/aromatic N) is 1. The van der Waals surface area contributed by atoms with E-state index < -0.39 is 0 Å². The molecule has 4 heteroatoms. The molecule has 1 amide bonds. The maximum Gasteiger partial charge on any atom is 0.223 e. The molecule has 1 aromatic rings. The second-order valence-electron chi connectivity index (χ2n) is 7.07. The number of amides is 1. The van der Waals surface area contributed by atoms with Crippen molar-refractivity contribution in [3.8, 4) is 0 Å². The molecule has 1 aliphatic carbocycles. The van der Waals surface area contributed by atoms with Gasteiger partial charge in [0.2, 0.25) is 5.91 Å². The maximum atomic E-state index is 12.3. The lowest BCUT2D eigenvalue weighted by Crippen LogP contribution is -2.46. The number of fused-ring (bicyclic) bond motifs is 1. The summed E-state index contributed by atoms with van der Waals surface area (Å²) in [6.45, 7) is 5.05. The van der Waals surface area contributed by atoms with Gasteiger partial charge in [-0.15, -0.1) is 0 Å². The molecule has 0 saturated heterocycles. The standard InChI is InChI=1S/C19H29N3O/c1-2-18(12-21-19(23)15-7-8-17(20)11-15)22-10-9-14-5-3-4-6-16(14)13-22/h3-6,15,17-18H,2,7-13,20H2,1H3,(H,21,23). The molecule has 1 fully saturated rings. The van der Waals surface area contributed by atoms with Crippen molar-refractivity contribution < 1.29 is 4.79 Å². The third-order valence-electron chi connectivity index (χ3n) is 5.50. The molecular weight excluding hydrogens is 286 g/mol. The number of hydrogen-bond acceptors (Lipinski definition) is 3. The van der Waals surface area contributed by atoms with Crippen LogP contribution in [0.3, 0.4) is 0 Å². The molecule has 0 spiro atoms. The Kier molecular flexibility index (Phi) is 5.34. The van der Waals surface area contributed by atoms with Crippen LogP contribution < -0.4 is 11.1 Å². The van der Waals surface area contributed by atoms with Crippen molar-refractivity contribution in [3.05, 3.63) is 35.4 Å². The van der Waals surface area contributed by atoms with E-state index in [1.807, 2.05) is 0 Å². The zero-order chi connectivity index (χ0) is 16.2. The largest absolute Gasteiger partial charge is 0.354 e. The quantitative estimate of drug-likeness (QED) is 0.874. The number of hydrogen-bond donors (Lipinski definition) is 2. The Labute approximate surface area is 139 Å². The first-order valence-corrected chi connectivity index (χ1v) is 9.01. The molecule has 1 saturated carbocycles. The van der Waals surface area contributed by atoms with E-state index in [9.17, 15) is 4.79 Å². The first kappa shape index (κ1) is 16.5. The summed E-state index contributed by atoms with van der Waals surface area (Å²) in [5, 5.41) is 3.18. The Morgan fingerprint density at radius 3 is 2.83 bits per heavy atom. The Morgan fingerprint density at radius 1 is 1.35 bits per heavy atom. The number of carbonyl (C=O) groups is 1. The van der Waals surface area contributed by atoms with Crippen LogP contribution in [0.5, 0.6) is 0 Å². The summed E-state index contributed by atoms with van der Waals surface area (Å²) in [7, 11) is 0. The molecule has 1 aliphatic heterocycles. The molecule has 1 heterocycles. The van der Waals surface area contributed by atoms with Gasteiger partial charge in [-0.2, -0.15) is 0 Å². The number of nitrogens with one attached hydrogen (secondary N) is 1. The van der Waals surface area contributed by atoms with E-state index in [0.29, 0.717) is 6.04 Å². The number of carbonyl (C=O) groups excluding carboxylic acids is 1. The highest BCUT2D eigenvalue weighted by Crippen LogP contribution is 2.24. The highest BCUT2D eigenvalue weighted by molar-refractivity contribution is 5.79. The molecule has 0 aromatic heterocycles. The third kappa shape index (κ3) is 3.93. The van der Waals surface area contributed by atoms with Crippen molar-refractivity contribution in [3.63, 3.8) is 0 Å². The molecule has 1 aromatic carbocycles. The highest BCUT2D eigenvalue weighted by atomic mass is 16.1. The molecule has 0 bridgehead atoms.